The minimum Gasteiger partial charge on any atom is -0.380 e. The van der Waals surface area contributed by atoms with Crippen molar-refractivity contribution in [3.8, 4) is 0 Å². The van der Waals surface area contributed by atoms with Crippen LogP contribution in [0.15, 0.2) is 6.20 Å². The van der Waals surface area contributed by atoms with Crippen molar-refractivity contribution in [2.24, 2.45) is 11.8 Å². The van der Waals surface area contributed by atoms with Crippen molar-refractivity contribution in [1.82, 2.24) is 15.1 Å². The Hall–Kier alpha value is -0.870. The fourth-order valence-corrected chi connectivity index (χ4v) is 2.95. The Morgan fingerprint density at radius 3 is 2.84 bits per heavy atom. The molecule has 2 heterocycles. The Bertz CT molecular complexity index is 448. The molecule has 0 bridgehead atoms. The molecule has 0 amide bonds. The van der Waals surface area contributed by atoms with Gasteiger partial charge in [0.1, 0.15) is 0 Å². The van der Waals surface area contributed by atoms with Gasteiger partial charge in [0.05, 0.1) is 18.5 Å². The lowest BCUT2D eigenvalue weighted by Gasteiger charge is -2.24. The quantitative estimate of drug-likeness (QED) is 0.850. The normalized spacial score (nSPS) is 26.4. The van der Waals surface area contributed by atoms with Crippen LogP contribution in [0.2, 0.25) is 0 Å². The predicted octanol–water partition coefficient (Wildman–Crippen LogP) is 1.91. The highest BCUT2D eigenvalue weighted by atomic mass is 16.5. The molecule has 4 rings (SSSR count). The molecule has 2 fully saturated rings. The van der Waals surface area contributed by atoms with E-state index in [0.717, 1.165) is 44.7 Å². The summed E-state index contributed by atoms with van der Waals surface area (Å²) < 4.78 is 8.11. The maximum absolute atomic E-state index is 5.88. The summed E-state index contributed by atoms with van der Waals surface area (Å²) in [6, 6.07) is 0. The van der Waals surface area contributed by atoms with Crippen LogP contribution in [-0.4, -0.2) is 29.5 Å². The number of rotatable bonds is 6. The Morgan fingerprint density at radius 1 is 1.21 bits per heavy atom. The molecule has 19 heavy (non-hydrogen) atoms. The first-order valence-electron chi connectivity index (χ1n) is 7.73. The van der Waals surface area contributed by atoms with Crippen LogP contribution in [0, 0.1) is 11.8 Å². The Morgan fingerprint density at radius 2 is 2.05 bits per heavy atom. The molecule has 1 aromatic heterocycles. The summed E-state index contributed by atoms with van der Waals surface area (Å²) in [5.74, 6) is 2.24. The number of aromatic nitrogens is 2. The zero-order valence-corrected chi connectivity index (χ0v) is 11.5. The molecule has 2 aliphatic carbocycles. The van der Waals surface area contributed by atoms with Gasteiger partial charge in [0, 0.05) is 37.7 Å². The Balaban J connectivity index is 1.41. The van der Waals surface area contributed by atoms with Gasteiger partial charge in [0.25, 0.3) is 0 Å². The standard InChI is InChI=1S/C15H23N3O/c1-2-11(1)8-18-15-7-16-5-13(14(15)6-17-18)10-19-9-12-3-4-12/h6,11-13,16H,1-5,7-10H2. The van der Waals surface area contributed by atoms with E-state index in [1.54, 1.807) is 0 Å². The second-order valence-corrected chi connectivity index (χ2v) is 6.48. The molecule has 0 radical (unpaired) electrons. The molecule has 0 aromatic carbocycles. The van der Waals surface area contributed by atoms with Crippen molar-refractivity contribution in [2.75, 3.05) is 19.8 Å². The smallest absolute Gasteiger partial charge is 0.0558 e. The first kappa shape index (κ1) is 11.9. The molecular formula is C15H23N3O. The molecular weight excluding hydrogens is 238 g/mol. The van der Waals surface area contributed by atoms with Gasteiger partial charge in [-0.15, -0.1) is 0 Å². The zero-order valence-electron chi connectivity index (χ0n) is 11.5. The van der Waals surface area contributed by atoms with Crippen molar-refractivity contribution in [2.45, 2.75) is 44.7 Å². The maximum atomic E-state index is 5.88. The fourth-order valence-electron chi connectivity index (χ4n) is 2.95. The third-order valence-electron chi connectivity index (χ3n) is 4.60. The molecule has 2 saturated carbocycles. The van der Waals surface area contributed by atoms with Crippen LogP contribution in [0.4, 0.5) is 0 Å². The summed E-state index contributed by atoms with van der Waals surface area (Å²) in [5.41, 5.74) is 2.83. The van der Waals surface area contributed by atoms with E-state index in [0.29, 0.717) is 5.92 Å². The fraction of sp³-hybridized carbons (Fsp3) is 0.800. The first-order valence-corrected chi connectivity index (χ1v) is 7.73. The molecule has 104 valence electrons. The van der Waals surface area contributed by atoms with Crippen LogP contribution in [-0.2, 0) is 17.8 Å². The van der Waals surface area contributed by atoms with Gasteiger partial charge in [-0.2, -0.15) is 5.10 Å². The summed E-state index contributed by atoms with van der Waals surface area (Å²) in [4.78, 5) is 0. The summed E-state index contributed by atoms with van der Waals surface area (Å²) >= 11 is 0. The van der Waals surface area contributed by atoms with Gasteiger partial charge in [-0.1, -0.05) is 0 Å². The van der Waals surface area contributed by atoms with Crippen LogP contribution >= 0.6 is 0 Å². The van der Waals surface area contributed by atoms with Crippen molar-refractivity contribution in [3.05, 3.63) is 17.5 Å². The molecule has 0 spiro atoms. The maximum Gasteiger partial charge on any atom is 0.0558 e. The van der Waals surface area contributed by atoms with Gasteiger partial charge in [-0.25, -0.2) is 0 Å². The highest BCUT2D eigenvalue weighted by Gasteiger charge is 2.28. The number of hydrogen-bond donors (Lipinski definition) is 1. The van der Waals surface area contributed by atoms with Crippen molar-refractivity contribution in [1.29, 1.82) is 0 Å². The lowest BCUT2D eigenvalue weighted by molar-refractivity contribution is 0.108. The lowest BCUT2D eigenvalue weighted by Crippen LogP contribution is -2.31. The number of nitrogens with zero attached hydrogens (tertiary/aromatic N) is 2. The highest BCUT2D eigenvalue weighted by molar-refractivity contribution is 5.26. The largest absolute Gasteiger partial charge is 0.380 e. The molecule has 1 N–H and O–H groups in total. The second kappa shape index (κ2) is 4.91. The van der Waals surface area contributed by atoms with Crippen LogP contribution in [0.5, 0.6) is 0 Å². The van der Waals surface area contributed by atoms with Crippen LogP contribution in [0.3, 0.4) is 0 Å². The van der Waals surface area contributed by atoms with E-state index in [4.69, 9.17) is 4.74 Å². The summed E-state index contributed by atoms with van der Waals surface area (Å²) in [6.45, 7) is 4.94. The van der Waals surface area contributed by atoms with Crippen LogP contribution < -0.4 is 5.32 Å². The minimum atomic E-state index is 0.496. The molecule has 4 heteroatoms. The van der Waals surface area contributed by atoms with Crippen molar-refractivity contribution >= 4 is 0 Å². The monoisotopic (exact) mass is 261 g/mol. The SMILES string of the molecule is c1nn(CC2CC2)c2c1C(COCC1CC1)CNC2. The summed E-state index contributed by atoms with van der Waals surface area (Å²) in [6.07, 6.45) is 7.59. The van der Waals surface area contributed by atoms with Gasteiger partial charge in [-0.3, -0.25) is 4.68 Å². The van der Waals surface area contributed by atoms with Gasteiger partial charge >= 0.3 is 0 Å². The Labute approximate surface area is 114 Å². The van der Waals surface area contributed by atoms with Crippen molar-refractivity contribution < 1.29 is 4.74 Å². The molecule has 1 aliphatic heterocycles. The van der Waals surface area contributed by atoms with Gasteiger partial charge in [0.15, 0.2) is 0 Å². The van der Waals surface area contributed by atoms with Gasteiger partial charge < -0.3 is 10.1 Å². The van der Waals surface area contributed by atoms with E-state index < -0.39 is 0 Å². The third kappa shape index (κ3) is 2.70. The number of hydrogen-bond acceptors (Lipinski definition) is 3. The highest BCUT2D eigenvalue weighted by Crippen LogP contribution is 2.33. The second-order valence-electron chi connectivity index (χ2n) is 6.48. The lowest BCUT2D eigenvalue weighted by atomic mass is 9.97. The molecule has 1 unspecified atom stereocenters. The van der Waals surface area contributed by atoms with Crippen molar-refractivity contribution in [3.63, 3.8) is 0 Å². The van der Waals surface area contributed by atoms with E-state index in [2.05, 4.69) is 21.3 Å². The number of ether oxygens (including phenoxy) is 1. The van der Waals surface area contributed by atoms with E-state index in [1.807, 2.05) is 0 Å². The first-order chi connectivity index (χ1) is 9.40. The van der Waals surface area contributed by atoms with Gasteiger partial charge in [0.2, 0.25) is 0 Å². The average molecular weight is 261 g/mol. The van der Waals surface area contributed by atoms with E-state index >= 15 is 0 Å². The molecule has 0 saturated heterocycles. The zero-order chi connectivity index (χ0) is 12.7. The molecule has 4 nitrogen and oxygen atoms in total. The minimum absolute atomic E-state index is 0.496. The van der Waals surface area contributed by atoms with E-state index in [9.17, 15) is 0 Å². The molecule has 1 atom stereocenters. The van der Waals surface area contributed by atoms with Crippen LogP contribution in [0.25, 0.3) is 0 Å². The number of nitrogens with one attached hydrogen (secondary N) is 1. The average Bonchev–Trinajstić information content (AvgIpc) is 3.32. The summed E-state index contributed by atoms with van der Waals surface area (Å²) in [7, 11) is 0. The summed E-state index contributed by atoms with van der Waals surface area (Å²) in [5, 5.41) is 8.13. The Kier molecular flexibility index (Phi) is 3.08. The molecule has 3 aliphatic rings. The van der Waals surface area contributed by atoms with E-state index in [-0.39, 0.29) is 0 Å². The molecule has 1 aromatic rings. The van der Waals surface area contributed by atoms with Gasteiger partial charge in [-0.05, 0) is 37.5 Å². The number of fused-ring (bicyclic) bond motifs is 1. The third-order valence-corrected chi connectivity index (χ3v) is 4.60. The predicted molar refractivity (Wildman–Crippen MR) is 72.9 cm³/mol. The van der Waals surface area contributed by atoms with E-state index in [1.165, 1.54) is 36.9 Å². The topological polar surface area (TPSA) is 39.1 Å². The van der Waals surface area contributed by atoms with Crippen LogP contribution in [0.1, 0.15) is 42.9 Å².